The number of benzene rings is 2. The summed E-state index contributed by atoms with van der Waals surface area (Å²) < 4.78 is 0. The second kappa shape index (κ2) is 6.02. The van der Waals surface area contributed by atoms with Crippen LogP contribution in [0.5, 0.6) is 0 Å². The molecule has 0 unspecified atom stereocenters. The molecular weight excluding hydrogens is 276 g/mol. The van der Waals surface area contributed by atoms with E-state index in [-0.39, 0.29) is 17.7 Å². The van der Waals surface area contributed by atoms with Gasteiger partial charge in [0.25, 0.3) is 0 Å². The van der Waals surface area contributed by atoms with Gasteiger partial charge >= 0.3 is 0 Å². The standard InChI is InChI=1S/C18H18N2O2/c1-12(21)19-14-7-9-15(10-8-14)20-18(22)17-11-16(17)13-5-3-2-4-6-13/h2-10,16-17H,11H2,1H3,(H,19,21)(H,20,22)/t16-,17-/m1/s1. The molecule has 0 aliphatic heterocycles. The van der Waals surface area contributed by atoms with Crippen LogP contribution < -0.4 is 10.6 Å². The number of hydrogen-bond acceptors (Lipinski definition) is 2. The van der Waals surface area contributed by atoms with Gasteiger partial charge in [-0.25, -0.2) is 0 Å². The van der Waals surface area contributed by atoms with Crippen LogP contribution in [0.25, 0.3) is 0 Å². The number of nitrogens with one attached hydrogen (secondary N) is 2. The summed E-state index contributed by atoms with van der Waals surface area (Å²) in [6, 6.07) is 17.3. The lowest BCUT2D eigenvalue weighted by Crippen LogP contribution is -2.14. The number of rotatable bonds is 4. The first kappa shape index (κ1) is 14.3. The fourth-order valence-corrected chi connectivity index (χ4v) is 2.63. The van der Waals surface area contributed by atoms with Crippen molar-refractivity contribution < 1.29 is 9.59 Å². The van der Waals surface area contributed by atoms with Crippen LogP contribution >= 0.6 is 0 Å². The number of anilines is 2. The van der Waals surface area contributed by atoms with E-state index in [1.807, 2.05) is 18.2 Å². The third-order valence-corrected chi connectivity index (χ3v) is 3.83. The number of hydrogen-bond donors (Lipinski definition) is 2. The Kier molecular flexibility index (Phi) is 3.92. The first-order valence-corrected chi connectivity index (χ1v) is 7.37. The highest BCUT2D eigenvalue weighted by molar-refractivity contribution is 5.95. The molecule has 22 heavy (non-hydrogen) atoms. The molecule has 112 valence electrons. The first-order valence-electron chi connectivity index (χ1n) is 7.37. The first-order chi connectivity index (χ1) is 10.6. The van der Waals surface area contributed by atoms with E-state index in [4.69, 9.17) is 0 Å². The number of carbonyl (C=O) groups excluding carboxylic acids is 2. The summed E-state index contributed by atoms with van der Waals surface area (Å²) in [7, 11) is 0. The van der Waals surface area contributed by atoms with Crippen molar-refractivity contribution in [2.75, 3.05) is 10.6 Å². The molecule has 0 bridgehead atoms. The Morgan fingerprint density at radius 2 is 1.50 bits per heavy atom. The summed E-state index contributed by atoms with van der Waals surface area (Å²) >= 11 is 0. The second-order valence-corrected chi connectivity index (χ2v) is 5.61. The molecule has 0 radical (unpaired) electrons. The largest absolute Gasteiger partial charge is 0.326 e. The van der Waals surface area contributed by atoms with Gasteiger partial charge in [0.15, 0.2) is 0 Å². The summed E-state index contributed by atoms with van der Waals surface area (Å²) in [6.45, 7) is 1.46. The molecule has 2 aromatic carbocycles. The minimum absolute atomic E-state index is 0.0532. The Morgan fingerprint density at radius 1 is 0.909 bits per heavy atom. The summed E-state index contributed by atoms with van der Waals surface area (Å²) in [5, 5.41) is 5.63. The number of carbonyl (C=O) groups is 2. The van der Waals surface area contributed by atoms with Crippen molar-refractivity contribution in [3.05, 3.63) is 60.2 Å². The molecule has 2 atom stereocenters. The maximum atomic E-state index is 12.2. The molecule has 2 amide bonds. The van der Waals surface area contributed by atoms with Crippen molar-refractivity contribution >= 4 is 23.2 Å². The van der Waals surface area contributed by atoms with Gasteiger partial charge in [0, 0.05) is 24.2 Å². The predicted octanol–water partition coefficient (Wildman–Crippen LogP) is 3.39. The lowest BCUT2D eigenvalue weighted by atomic mass is 10.1. The highest BCUT2D eigenvalue weighted by atomic mass is 16.2. The average Bonchev–Trinajstić information content (AvgIpc) is 3.30. The van der Waals surface area contributed by atoms with Gasteiger partial charge in [0.1, 0.15) is 0 Å². The van der Waals surface area contributed by atoms with Crippen LogP contribution in [0.2, 0.25) is 0 Å². The zero-order chi connectivity index (χ0) is 15.5. The Bertz CT molecular complexity index is 680. The zero-order valence-corrected chi connectivity index (χ0v) is 12.4. The van der Waals surface area contributed by atoms with E-state index in [1.165, 1.54) is 12.5 Å². The Balaban J connectivity index is 1.58. The number of amides is 2. The van der Waals surface area contributed by atoms with E-state index in [2.05, 4.69) is 22.8 Å². The van der Waals surface area contributed by atoms with Crippen molar-refractivity contribution in [3.63, 3.8) is 0 Å². The van der Waals surface area contributed by atoms with E-state index in [1.54, 1.807) is 24.3 Å². The molecule has 0 aromatic heterocycles. The van der Waals surface area contributed by atoms with Gasteiger partial charge < -0.3 is 10.6 Å². The monoisotopic (exact) mass is 294 g/mol. The molecule has 1 aliphatic rings. The normalized spacial score (nSPS) is 19.3. The van der Waals surface area contributed by atoms with E-state index < -0.39 is 0 Å². The lowest BCUT2D eigenvalue weighted by molar-refractivity contribution is -0.117. The van der Waals surface area contributed by atoms with Gasteiger partial charge in [-0.2, -0.15) is 0 Å². The maximum absolute atomic E-state index is 12.2. The molecule has 0 heterocycles. The topological polar surface area (TPSA) is 58.2 Å². The van der Waals surface area contributed by atoms with E-state index in [0.717, 1.165) is 17.8 Å². The van der Waals surface area contributed by atoms with Crippen LogP contribution in [0.1, 0.15) is 24.8 Å². The SMILES string of the molecule is CC(=O)Nc1ccc(NC(=O)[C@@H]2C[C@@H]2c2ccccc2)cc1. The zero-order valence-electron chi connectivity index (χ0n) is 12.4. The van der Waals surface area contributed by atoms with Crippen LogP contribution in [-0.4, -0.2) is 11.8 Å². The van der Waals surface area contributed by atoms with Gasteiger partial charge in [-0.1, -0.05) is 30.3 Å². The summed E-state index contributed by atoms with van der Waals surface area (Å²) in [4.78, 5) is 23.2. The molecule has 1 saturated carbocycles. The van der Waals surface area contributed by atoms with Crippen LogP contribution in [0.15, 0.2) is 54.6 Å². The molecule has 0 saturated heterocycles. The quantitative estimate of drug-likeness (QED) is 0.908. The predicted molar refractivity (Wildman–Crippen MR) is 86.7 cm³/mol. The van der Waals surface area contributed by atoms with Gasteiger partial charge in [0.05, 0.1) is 0 Å². The maximum Gasteiger partial charge on any atom is 0.228 e. The van der Waals surface area contributed by atoms with Crippen molar-refractivity contribution in [1.29, 1.82) is 0 Å². The summed E-state index contributed by atoms with van der Waals surface area (Å²) in [5.41, 5.74) is 2.69. The molecule has 4 heteroatoms. The van der Waals surface area contributed by atoms with Gasteiger partial charge in [-0.3, -0.25) is 9.59 Å². The molecule has 0 spiro atoms. The summed E-state index contributed by atoms with van der Waals surface area (Å²) in [6.07, 6.45) is 0.903. The van der Waals surface area contributed by atoms with Crippen LogP contribution in [0, 0.1) is 5.92 Å². The van der Waals surface area contributed by atoms with Crippen molar-refractivity contribution in [3.8, 4) is 0 Å². The third kappa shape index (κ3) is 3.34. The van der Waals surface area contributed by atoms with E-state index >= 15 is 0 Å². The van der Waals surface area contributed by atoms with Crippen LogP contribution in [-0.2, 0) is 9.59 Å². The minimum Gasteiger partial charge on any atom is -0.326 e. The smallest absolute Gasteiger partial charge is 0.228 e. The fraction of sp³-hybridized carbons (Fsp3) is 0.222. The van der Waals surface area contributed by atoms with Crippen LogP contribution in [0.3, 0.4) is 0 Å². The second-order valence-electron chi connectivity index (χ2n) is 5.61. The molecule has 3 rings (SSSR count). The fourth-order valence-electron chi connectivity index (χ4n) is 2.63. The molecule has 4 nitrogen and oxygen atoms in total. The Hall–Kier alpha value is -2.62. The highest BCUT2D eigenvalue weighted by Crippen LogP contribution is 2.47. The van der Waals surface area contributed by atoms with E-state index in [9.17, 15) is 9.59 Å². The van der Waals surface area contributed by atoms with Crippen LogP contribution in [0.4, 0.5) is 11.4 Å². The van der Waals surface area contributed by atoms with E-state index in [0.29, 0.717) is 5.92 Å². The Labute approximate surface area is 129 Å². The van der Waals surface area contributed by atoms with Crippen molar-refractivity contribution in [2.24, 2.45) is 5.92 Å². The van der Waals surface area contributed by atoms with Crippen molar-refractivity contribution in [2.45, 2.75) is 19.3 Å². The average molecular weight is 294 g/mol. The van der Waals surface area contributed by atoms with Crippen molar-refractivity contribution in [1.82, 2.24) is 0 Å². The molecule has 2 N–H and O–H groups in total. The molecule has 2 aromatic rings. The molecule has 1 fully saturated rings. The molecule has 1 aliphatic carbocycles. The Morgan fingerprint density at radius 3 is 2.09 bits per heavy atom. The van der Waals surface area contributed by atoms with Gasteiger partial charge in [-0.15, -0.1) is 0 Å². The lowest BCUT2D eigenvalue weighted by Gasteiger charge is -2.07. The minimum atomic E-state index is -0.111. The third-order valence-electron chi connectivity index (χ3n) is 3.83. The van der Waals surface area contributed by atoms with Gasteiger partial charge in [0.2, 0.25) is 11.8 Å². The van der Waals surface area contributed by atoms with Gasteiger partial charge in [-0.05, 0) is 42.2 Å². The summed E-state index contributed by atoms with van der Waals surface area (Å²) in [5.74, 6) is 0.332. The molecular formula is C18H18N2O2. The highest BCUT2D eigenvalue weighted by Gasteiger charge is 2.43.